The zero-order chi connectivity index (χ0) is 38.9. The van der Waals surface area contributed by atoms with E-state index in [0.717, 1.165) is 18.4 Å². The van der Waals surface area contributed by atoms with Gasteiger partial charge >= 0.3 is 7.82 Å². The van der Waals surface area contributed by atoms with Gasteiger partial charge in [-0.3, -0.25) is 9.05 Å². The van der Waals surface area contributed by atoms with Crippen LogP contribution in [0.15, 0.2) is 42.7 Å². The van der Waals surface area contributed by atoms with Gasteiger partial charge < -0.3 is 29.9 Å². The zero-order valence-electron chi connectivity index (χ0n) is 32.5. The summed E-state index contributed by atoms with van der Waals surface area (Å²) in [5.41, 5.74) is 8.53. The van der Waals surface area contributed by atoms with Gasteiger partial charge in [0.15, 0.2) is 5.82 Å². The van der Waals surface area contributed by atoms with Crippen molar-refractivity contribution >= 4 is 19.2 Å². The molecule has 302 valence electrons. The summed E-state index contributed by atoms with van der Waals surface area (Å²) in [4.78, 5) is 14.5. The number of aliphatic hydroxyl groups is 1. The number of unbranched alkanes of at least 4 members (excludes halogenated alkanes) is 15. The van der Waals surface area contributed by atoms with Gasteiger partial charge in [-0.15, -0.1) is 0 Å². The SMILES string of the molecule is CCCCCCCCCCCCCCCCCCOC[C@H](COP(=O)(O)OC[C@@H](OC)[C@@H](O)Cc1ccc2c(N)ncnn12)OCc1ccc(C#N)cc1. The molecule has 0 aliphatic heterocycles. The normalized spacial score (nSPS) is 14.5. The topological polar surface area (TPSA) is 184 Å². The number of aliphatic hydroxyl groups excluding tert-OH is 1. The van der Waals surface area contributed by atoms with Crippen molar-refractivity contribution in [3.8, 4) is 6.07 Å². The van der Waals surface area contributed by atoms with Crippen LogP contribution < -0.4 is 5.73 Å². The number of rotatable bonds is 32. The van der Waals surface area contributed by atoms with Crippen LogP contribution in [0.4, 0.5) is 5.82 Å². The summed E-state index contributed by atoms with van der Waals surface area (Å²) in [6, 6.07) is 12.6. The number of anilines is 1. The number of nitrogen functional groups attached to an aromatic ring is 1. The second-order valence-electron chi connectivity index (χ2n) is 14.0. The summed E-state index contributed by atoms with van der Waals surface area (Å²) in [5, 5.41) is 24.1. The highest BCUT2D eigenvalue weighted by Crippen LogP contribution is 2.43. The smallest absolute Gasteiger partial charge is 0.390 e. The molecule has 0 radical (unpaired) electrons. The van der Waals surface area contributed by atoms with Crippen molar-refractivity contribution in [3.05, 3.63) is 59.5 Å². The third-order valence-corrected chi connectivity index (χ3v) is 10.5. The second-order valence-corrected chi connectivity index (χ2v) is 15.4. The minimum absolute atomic E-state index is 0.116. The molecule has 0 spiro atoms. The summed E-state index contributed by atoms with van der Waals surface area (Å²) in [6.07, 6.45) is 19.5. The van der Waals surface area contributed by atoms with E-state index in [-0.39, 0.29) is 26.2 Å². The van der Waals surface area contributed by atoms with Crippen LogP contribution in [0, 0.1) is 11.3 Å². The lowest BCUT2D eigenvalue weighted by Gasteiger charge is -2.23. The van der Waals surface area contributed by atoms with Gasteiger partial charge in [0.1, 0.15) is 24.1 Å². The fourth-order valence-electron chi connectivity index (χ4n) is 6.23. The summed E-state index contributed by atoms with van der Waals surface area (Å²) in [6.45, 7) is 2.50. The third-order valence-electron chi connectivity index (χ3n) is 9.55. The van der Waals surface area contributed by atoms with Crippen molar-refractivity contribution in [1.29, 1.82) is 5.26 Å². The maximum absolute atomic E-state index is 12.9. The van der Waals surface area contributed by atoms with Crippen LogP contribution in [0.5, 0.6) is 0 Å². The van der Waals surface area contributed by atoms with E-state index in [9.17, 15) is 14.6 Å². The molecule has 3 rings (SSSR count). The average molecular weight is 774 g/mol. The second kappa shape index (κ2) is 26.8. The molecule has 14 heteroatoms. The minimum Gasteiger partial charge on any atom is -0.390 e. The Morgan fingerprint density at radius 2 is 1.44 bits per heavy atom. The van der Waals surface area contributed by atoms with E-state index in [1.54, 1.807) is 40.9 Å². The number of phosphoric ester groups is 1. The number of hydrogen-bond acceptors (Lipinski definition) is 11. The zero-order valence-corrected chi connectivity index (χ0v) is 33.4. The Kier molecular flexibility index (Phi) is 22.6. The molecule has 3 aromatic rings. The molecule has 0 amide bonds. The molecule has 0 saturated carbocycles. The quantitative estimate of drug-likeness (QED) is 0.0410. The fourth-order valence-corrected chi connectivity index (χ4v) is 6.99. The Morgan fingerprint density at radius 3 is 2.04 bits per heavy atom. The molecule has 0 saturated heterocycles. The lowest BCUT2D eigenvalue weighted by Crippen LogP contribution is -2.34. The Bertz CT molecular complexity index is 1520. The molecule has 0 aliphatic carbocycles. The van der Waals surface area contributed by atoms with Crippen LogP contribution in [0.25, 0.3) is 5.52 Å². The van der Waals surface area contributed by atoms with E-state index in [2.05, 4.69) is 23.1 Å². The predicted octanol–water partition coefficient (Wildman–Crippen LogP) is 8.10. The van der Waals surface area contributed by atoms with Gasteiger partial charge in [-0.2, -0.15) is 10.4 Å². The highest BCUT2D eigenvalue weighted by molar-refractivity contribution is 7.47. The van der Waals surface area contributed by atoms with Crippen molar-refractivity contribution < 1.29 is 37.8 Å². The number of methoxy groups -OCH3 is 1. The molecule has 4 atom stereocenters. The van der Waals surface area contributed by atoms with E-state index >= 15 is 0 Å². The standard InChI is InChI=1S/C40H64N5O8P/c1-3-4-5-6-7-8-9-10-11-12-13-14-15-16-17-18-25-50-29-36(51-28-34-21-19-33(27-41)20-22-34)30-52-54(47,48)53-31-39(49-2)38(46)26-35-23-24-37-40(42)43-32-44-45(35)37/h19-24,32,36,38-39,46H,3-18,25-26,28-31H2,1-2H3,(H,47,48)(H2,42,43,44)/t36-,38+,39-/m1/s1. The minimum atomic E-state index is -4.56. The van der Waals surface area contributed by atoms with Crippen molar-refractivity contribution in [2.75, 3.05) is 39.3 Å². The first kappa shape index (κ1) is 45.5. The summed E-state index contributed by atoms with van der Waals surface area (Å²) >= 11 is 0. The predicted molar refractivity (Wildman–Crippen MR) is 210 cm³/mol. The van der Waals surface area contributed by atoms with Crippen LogP contribution in [0.1, 0.15) is 126 Å². The number of nitrogens with zero attached hydrogens (tertiary/aromatic N) is 4. The number of nitrogens with two attached hydrogens (primary N) is 1. The van der Waals surface area contributed by atoms with Gasteiger partial charge in [0, 0.05) is 25.8 Å². The summed E-state index contributed by atoms with van der Waals surface area (Å²) in [7, 11) is -3.18. The molecule has 13 nitrogen and oxygen atoms in total. The van der Waals surface area contributed by atoms with Crippen LogP contribution >= 0.6 is 7.82 Å². The Labute approximate surface area is 322 Å². The molecule has 4 N–H and O–H groups in total. The molecule has 54 heavy (non-hydrogen) atoms. The van der Waals surface area contributed by atoms with Gasteiger partial charge in [-0.25, -0.2) is 14.1 Å². The summed E-state index contributed by atoms with van der Waals surface area (Å²) < 4.78 is 42.3. The van der Waals surface area contributed by atoms with E-state index in [0.29, 0.717) is 29.2 Å². The number of aromatic nitrogens is 3. The Morgan fingerprint density at radius 1 is 0.852 bits per heavy atom. The lowest BCUT2D eigenvalue weighted by molar-refractivity contribution is -0.0589. The number of nitriles is 1. The first-order valence-electron chi connectivity index (χ1n) is 19.8. The first-order valence-corrected chi connectivity index (χ1v) is 21.3. The third kappa shape index (κ3) is 18.1. The summed E-state index contributed by atoms with van der Waals surface area (Å²) in [5.74, 6) is 0.306. The molecule has 2 heterocycles. The molecule has 0 bridgehead atoms. The number of hydrogen-bond donors (Lipinski definition) is 3. The van der Waals surface area contributed by atoms with Crippen molar-refractivity contribution in [2.45, 2.75) is 141 Å². The molecule has 1 aromatic carbocycles. The monoisotopic (exact) mass is 773 g/mol. The van der Waals surface area contributed by atoms with Gasteiger partial charge in [0.05, 0.1) is 44.2 Å². The van der Waals surface area contributed by atoms with Crippen molar-refractivity contribution in [3.63, 3.8) is 0 Å². The maximum atomic E-state index is 12.9. The number of phosphoric acid groups is 1. The maximum Gasteiger partial charge on any atom is 0.472 e. The first-order chi connectivity index (χ1) is 26.3. The van der Waals surface area contributed by atoms with Gasteiger partial charge in [-0.05, 0) is 36.2 Å². The van der Waals surface area contributed by atoms with Crippen LogP contribution in [-0.4, -0.2) is 76.4 Å². The molecule has 1 unspecified atom stereocenters. The van der Waals surface area contributed by atoms with Gasteiger partial charge in [0.25, 0.3) is 0 Å². The molecular weight excluding hydrogens is 709 g/mol. The molecule has 2 aromatic heterocycles. The number of ether oxygens (including phenoxy) is 3. The van der Waals surface area contributed by atoms with E-state index in [4.69, 9.17) is 34.3 Å². The van der Waals surface area contributed by atoms with Crippen molar-refractivity contribution in [2.24, 2.45) is 0 Å². The largest absolute Gasteiger partial charge is 0.472 e. The Hall–Kier alpha value is -2.92. The number of fused-ring (bicyclic) bond motifs is 1. The van der Waals surface area contributed by atoms with Crippen molar-refractivity contribution in [1.82, 2.24) is 14.6 Å². The molecular formula is C40H64N5O8P. The Balaban J connectivity index is 1.35. The van der Waals surface area contributed by atoms with E-state index < -0.39 is 32.7 Å². The van der Waals surface area contributed by atoms with Gasteiger partial charge in [-0.1, -0.05) is 115 Å². The molecule has 0 fully saturated rings. The highest BCUT2D eigenvalue weighted by atomic mass is 31.2. The van der Waals surface area contributed by atoms with Crippen LogP contribution in [0.3, 0.4) is 0 Å². The van der Waals surface area contributed by atoms with E-state index in [1.165, 1.54) is 103 Å². The molecule has 0 aliphatic rings. The average Bonchev–Trinajstić information content (AvgIpc) is 3.59. The van der Waals surface area contributed by atoms with E-state index in [1.807, 2.05) is 0 Å². The number of benzene rings is 1. The van der Waals surface area contributed by atoms with Crippen LogP contribution in [-0.2, 0) is 40.9 Å². The van der Waals surface area contributed by atoms with Gasteiger partial charge in [0.2, 0.25) is 0 Å². The fraction of sp³-hybridized carbons (Fsp3) is 0.675. The van der Waals surface area contributed by atoms with Crippen LogP contribution in [0.2, 0.25) is 0 Å². The highest BCUT2D eigenvalue weighted by Gasteiger charge is 2.29. The lowest BCUT2D eigenvalue weighted by atomic mass is 10.0.